The summed E-state index contributed by atoms with van der Waals surface area (Å²) >= 11 is 0. The van der Waals surface area contributed by atoms with E-state index >= 15 is 0 Å². The number of fused-ring (bicyclic) bond motifs is 1. The van der Waals surface area contributed by atoms with Crippen LogP contribution < -0.4 is 20.1 Å². The SMILES string of the molecule is O=C(CCC(=O)c1ccc2c(c1)OCCO2)NCCNC(=O)c1ccccc1. The highest BCUT2D eigenvalue weighted by Gasteiger charge is 2.15. The van der Waals surface area contributed by atoms with Crippen molar-refractivity contribution < 1.29 is 23.9 Å². The Kier molecular flexibility index (Phi) is 6.62. The standard InChI is InChI=1S/C21H22N2O5/c24-17(16-6-8-18-19(14-16)28-13-12-27-18)7-9-20(25)22-10-11-23-21(26)15-4-2-1-3-5-15/h1-6,8,14H,7,9-13H2,(H,22,25)(H,23,26). The third-order valence-electron chi connectivity index (χ3n) is 4.21. The Morgan fingerprint density at radius 2 is 1.50 bits per heavy atom. The van der Waals surface area contributed by atoms with Gasteiger partial charge in [-0.05, 0) is 30.3 Å². The molecule has 7 heteroatoms. The summed E-state index contributed by atoms with van der Waals surface area (Å²) in [6.07, 6.45) is 0.182. The van der Waals surface area contributed by atoms with Crippen molar-refractivity contribution in [1.29, 1.82) is 0 Å². The van der Waals surface area contributed by atoms with Crippen LogP contribution in [-0.2, 0) is 4.79 Å². The molecule has 3 rings (SSSR count). The molecule has 1 aliphatic rings. The van der Waals surface area contributed by atoms with Crippen molar-refractivity contribution in [2.75, 3.05) is 26.3 Å². The summed E-state index contributed by atoms with van der Waals surface area (Å²) in [5, 5.41) is 5.42. The van der Waals surface area contributed by atoms with Crippen LogP contribution in [0.4, 0.5) is 0 Å². The molecule has 2 aromatic carbocycles. The van der Waals surface area contributed by atoms with Gasteiger partial charge in [0.05, 0.1) is 0 Å². The summed E-state index contributed by atoms with van der Waals surface area (Å²) in [6, 6.07) is 13.9. The molecule has 2 N–H and O–H groups in total. The number of rotatable bonds is 8. The highest BCUT2D eigenvalue weighted by atomic mass is 16.6. The smallest absolute Gasteiger partial charge is 0.251 e. The van der Waals surface area contributed by atoms with E-state index in [1.165, 1.54) is 0 Å². The first-order chi connectivity index (χ1) is 13.6. The zero-order chi connectivity index (χ0) is 19.8. The van der Waals surface area contributed by atoms with Gasteiger partial charge < -0.3 is 20.1 Å². The molecule has 0 radical (unpaired) electrons. The van der Waals surface area contributed by atoms with Gasteiger partial charge in [0.25, 0.3) is 5.91 Å². The van der Waals surface area contributed by atoms with Crippen molar-refractivity contribution in [3.8, 4) is 11.5 Å². The molecule has 7 nitrogen and oxygen atoms in total. The van der Waals surface area contributed by atoms with Crippen molar-refractivity contribution in [1.82, 2.24) is 10.6 Å². The van der Waals surface area contributed by atoms with E-state index in [4.69, 9.17) is 9.47 Å². The van der Waals surface area contributed by atoms with Gasteiger partial charge in [0.15, 0.2) is 17.3 Å². The molecular formula is C21H22N2O5. The molecule has 0 aromatic heterocycles. The summed E-state index contributed by atoms with van der Waals surface area (Å²) in [4.78, 5) is 36.1. The molecule has 2 amide bonds. The van der Waals surface area contributed by atoms with E-state index in [-0.39, 0.29) is 30.4 Å². The minimum Gasteiger partial charge on any atom is -0.486 e. The van der Waals surface area contributed by atoms with Gasteiger partial charge in [-0.15, -0.1) is 0 Å². The molecule has 0 atom stereocenters. The maximum Gasteiger partial charge on any atom is 0.251 e. The topological polar surface area (TPSA) is 93.7 Å². The van der Waals surface area contributed by atoms with Crippen LogP contribution in [0.2, 0.25) is 0 Å². The number of nitrogens with one attached hydrogen (secondary N) is 2. The second-order valence-electron chi connectivity index (χ2n) is 6.25. The van der Waals surface area contributed by atoms with Gasteiger partial charge in [0, 0.05) is 37.1 Å². The average Bonchev–Trinajstić information content (AvgIpc) is 2.75. The van der Waals surface area contributed by atoms with Crippen molar-refractivity contribution in [2.45, 2.75) is 12.8 Å². The number of hydrogen-bond acceptors (Lipinski definition) is 5. The molecule has 0 spiro atoms. The Labute approximate surface area is 163 Å². The van der Waals surface area contributed by atoms with Crippen LogP contribution in [-0.4, -0.2) is 43.9 Å². The van der Waals surface area contributed by atoms with Crippen LogP contribution in [0.1, 0.15) is 33.6 Å². The second-order valence-corrected chi connectivity index (χ2v) is 6.25. The summed E-state index contributed by atoms with van der Waals surface area (Å²) < 4.78 is 10.9. The first-order valence-corrected chi connectivity index (χ1v) is 9.16. The third-order valence-corrected chi connectivity index (χ3v) is 4.21. The van der Waals surface area contributed by atoms with Crippen molar-refractivity contribution >= 4 is 17.6 Å². The monoisotopic (exact) mass is 382 g/mol. The van der Waals surface area contributed by atoms with E-state index in [0.29, 0.717) is 48.9 Å². The van der Waals surface area contributed by atoms with Gasteiger partial charge in [0.1, 0.15) is 13.2 Å². The zero-order valence-corrected chi connectivity index (χ0v) is 15.4. The predicted molar refractivity (Wildman–Crippen MR) is 103 cm³/mol. The third kappa shape index (κ3) is 5.33. The number of carbonyl (C=O) groups excluding carboxylic acids is 3. The van der Waals surface area contributed by atoms with Gasteiger partial charge in [0.2, 0.25) is 5.91 Å². The van der Waals surface area contributed by atoms with Crippen LogP contribution >= 0.6 is 0 Å². The molecule has 1 aliphatic heterocycles. The first kappa shape index (κ1) is 19.4. The lowest BCUT2D eigenvalue weighted by molar-refractivity contribution is -0.121. The maximum atomic E-state index is 12.3. The van der Waals surface area contributed by atoms with E-state index < -0.39 is 0 Å². The lowest BCUT2D eigenvalue weighted by Gasteiger charge is -2.18. The van der Waals surface area contributed by atoms with Crippen LogP contribution in [0.25, 0.3) is 0 Å². The van der Waals surface area contributed by atoms with Crippen LogP contribution in [0.3, 0.4) is 0 Å². The summed E-state index contributed by atoms with van der Waals surface area (Å²) in [6.45, 7) is 1.56. The van der Waals surface area contributed by atoms with Gasteiger partial charge in [-0.3, -0.25) is 14.4 Å². The molecule has 0 saturated heterocycles. The number of amides is 2. The summed E-state index contributed by atoms with van der Waals surface area (Å²) in [5.41, 5.74) is 1.06. The van der Waals surface area contributed by atoms with Crippen LogP contribution in [0.15, 0.2) is 48.5 Å². The van der Waals surface area contributed by atoms with Gasteiger partial charge >= 0.3 is 0 Å². The summed E-state index contributed by atoms with van der Waals surface area (Å²) in [7, 11) is 0. The van der Waals surface area contributed by atoms with E-state index in [1.807, 2.05) is 6.07 Å². The molecular weight excluding hydrogens is 360 g/mol. The molecule has 2 aromatic rings. The van der Waals surface area contributed by atoms with Crippen molar-refractivity contribution in [3.05, 3.63) is 59.7 Å². The predicted octanol–water partition coefficient (Wildman–Crippen LogP) is 1.97. The quantitative estimate of drug-likeness (QED) is 0.538. The molecule has 1 heterocycles. The van der Waals surface area contributed by atoms with Gasteiger partial charge in [-0.1, -0.05) is 18.2 Å². The minimum atomic E-state index is -0.236. The minimum absolute atomic E-state index is 0.0832. The zero-order valence-electron chi connectivity index (χ0n) is 15.4. The molecule has 146 valence electrons. The number of ketones is 1. The Balaban J connectivity index is 1.36. The number of Topliss-reactive ketones (excluding diaryl/α,β-unsaturated/α-hetero) is 1. The number of carbonyl (C=O) groups is 3. The fourth-order valence-corrected chi connectivity index (χ4v) is 2.75. The molecule has 0 saturated carbocycles. The lowest BCUT2D eigenvalue weighted by Crippen LogP contribution is -2.34. The Bertz CT molecular complexity index is 851. The molecule has 28 heavy (non-hydrogen) atoms. The fourth-order valence-electron chi connectivity index (χ4n) is 2.75. The lowest BCUT2D eigenvalue weighted by atomic mass is 10.1. The second kappa shape index (κ2) is 9.55. The normalized spacial score (nSPS) is 12.1. The Morgan fingerprint density at radius 3 is 2.29 bits per heavy atom. The van der Waals surface area contributed by atoms with E-state index in [0.717, 1.165) is 0 Å². The number of hydrogen-bond donors (Lipinski definition) is 2. The Morgan fingerprint density at radius 1 is 0.786 bits per heavy atom. The first-order valence-electron chi connectivity index (χ1n) is 9.16. The highest BCUT2D eigenvalue weighted by molar-refractivity contribution is 5.98. The number of benzene rings is 2. The molecule has 0 aliphatic carbocycles. The molecule has 0 bridgehead atoms. The van der Waals surface area contributed by atoms with E-state index in [1.54, 1.807) is 42.5 Å². The highest BCUT2D eigenvalue weighted by Crippen LogP contribution is 2.31. The van der Waals surface area contributed by atoms with Gasteiger partial charge in [-0.2, -0.15) is 0 Å². The van der Waals surface area contributed by atoms with Crippen molar-refractivity contribution in [3.63, 3.8) is 0 Å². The van der Waals surface area contributed by atoms with Crippen LogP contribution in [0.5, 0.6) is 11.5 Å². The van der Waals surface area contributed by atoms with E-state index in [2.05, 4.69) is 10.6 Å². The van der Waals surface area contributed by atoms with Crippen molar-refractivity contribution in [2.24, 2.45) is 0 Å². The van der Waals surface area contributed by atoms with E-state index in [9.17, 15) is 14.4 Å². The number of ether oxygens (including phenoxy) is 2. The Hall–Kier alpha value is -3.35. The van der Waals surface area contributed by atoms with Gasteiger partial charge in [-0.25, -0.2) is 0 Å². The largest absolute Gasteiger partial charge is 0.486 e. The van der Waals surface area contributed by atoms with Crippen LogP contribution in [0, 0.1) is 0 Å². The average molecular weight is 382 g/mol. The molecule has 0 fully saturated rings. The summed E-state index contributed by atoms with van der Waals surface area (Å²) in [5.74, 6) is 0.613. The fraction of sp³-hybridized carbons (Fsp3) is 0.286. The molecule has 0 unspecified atom stereocenters. The maximum absolute atomic E-state index is 12.3.